The van der Waals surface area contributed by atoms with Crippen LogP contribution in [0.5, 0.6) is 0 Å². The van der Waals surface area contributed by atoms with Gasteiger partial charge in [0.2, 0.25) is 5.82 Å². The second kappa shape index (κ2) is 3.27. The molecule has 0 fully saturated rings. The van der Waals surface area contributed by atoms with Gasteiger partial charge in [-0.05, 0) is 24.6 Å². The van der Waals surface area contributed by atoms with Crippen LogP contribution in [0.4, 0.5) is 5.69 Å². The first-order valence-electron chi connectivity index (χ1n) is 4.46. The molecule has 0 aliphatic heterocycles. The van der Waals surface area contributed by atoms with E-state index in [9.17, 15) is 4.79 Å². The van der Waals surface area contributed by atoms with Gasteiger partial charge in [0.25, 0.3) is 0 Å². The minimum atomic E-state index is -0.482. The molecular formula is C10H11N3O2. The molecule has 0 spiro atoms. The second-order valence-electron chi connectivity index (χ2n) is 3.25. The van der Waals surface area contributed by atoms with Crippen molar-refractivity contribution >= 4 is 22.7 Å². The van der Waals surface area contributed by atoms with Gasteiger partial charge in [0.15, 0.2) is 0 Å². The molecule has 15 heavy (non-hydrogen) atoms. The molecule has 2 rings (SSSR count). The molecule has 2 aromatic rings. The Morgan fingerprint density at radius 2 is 2.27 bits per heavy atom. The molecule has 0 bridgehead atoms. The van der Waals surface area contributed by atoms with E-state index in [0.29, 0.717) is 11.2 Å². The monoisotopic (exact) mass is 205 g/mol. The molecule has 0 atom stereocenters. The second-order valence-corrected chi connectivity index (χ2v) is 3.25. The minimum absolute atomic E-state index is 0.196. The standard InChI is InChI=1S/C10H11N3O2/c1-5-6(11)3-4-7-8(5)13-9(12-7)10(14)15-2/h3-4H,11H2,1-2H3,(H,12,13). The number of nitrogens with two attached hydrogens (primary N) is 1. The minimum Gasteiger partial charge on any atom is -0.463 e. The molecule has 0 unspecified atom stereocenters. The van der Waals surface area contributed by atoms with Crippen LogP contribution < -0.4 is 5.73 Å². The Bertz CT molecular complexity index is 531. The smallest absolute Gasteiger partial charge is 0.374 e. The maximum Gasteiger partial charge on any atom is 0.374 e. The van der Waals surface area contributed by atoms with Crippen LogP contribution in [0, 0.1) is 6.92 Å². The Morgan fingerprint density at radius 3 is 2.93 bits per heavy atom. The van der Waals surface area contributed by atoms with E-state index in [4.69, 9.17) is 5.73 Å². The van der Waals surface area contributed by atoms with Crippen LogP contribution in [0.3, 0.4) is 0 Å². The summed E-state index contributed by atoms with van der Waals surface area (Å²) < 4.78 is 4.57. The van der Waals surface area contributed by atoms with E-state index in [2.05, 4.69) is 14.7 Å². The number of ether oxygens (including phenoxy) is 1. The molecule has 0 saturated carbocycles. The number of hydrogen-bond donors (Lipinski definition) is 2. The summed E-state index contributed by atoms with van der Waals surface area (Å²) in [6, 6.07) is 3.56. The van der Waals surface area contributed by atoms with Crippen molar-refractivity contribution in [3.05, 3.63) is 23.5 Å². The van der Waals surface area contributed by atoms with Crippen molar-refractivity contribution in [2.45, 2.75) is 6.92 Å². The maximum absolute atomic E-state index is 11.2. The predicted octanol–water partition coefficient (Wildman–Crippen LogP) is 1.24. The van der Waals surface area contributed by atoms with Crippen LogP contribution in [0.2, 0.25) is 0 Å². The van der Waals surface area contributed by atoms with Crippen LogP contribution in [0.25, 0.3) is 11.0 Å². The number of carbonyl (C=O) groups is 1. The molecule has 5 nitrogen and oxygen atoms in total. The average Bonchev–Trinajstić information content (AvgIpc) is 2.67. The fourth-order valence-corrected chi connectivity index (χ4v) is 1.42. The quantitative estimate of drug-likeness (QED) is 0.542. The van der Waals surface area contributed by atoms with E-state index in [1.165, 1.54) is 7.11 Å². The number of fused-ring (bicyclic) bond motifs is 1. The van der Waals surface area contributed by atoms with Crippen molar-refractivity contribution in [2.24, 2.45) is 0 Å². The molecule has 78 valence electrons. The summed E-state index contributed by atoms with van der Waals surface area (Å²) in [5.41, 5.74) is 8.74. The number of imidazole rings is 1. The SMILES string of the molecule is COC(=O)c1nc2c(C)c(N)ccc2[nH]1. The number of aryl methyl sites for hydroxylation is 1. The molecule has 0 aliphatic carbocycles. The van der Waals surface area contributed by atoms with E-state index < -0.39 is 5.97 Å². The lowest BCUT2D eigenvalue weighted by Crippen LogP contribution is -2.02. The number of esters is 1. The molecule has 0 aliphatic rings. The van der Waals surface area contributed by atoms with Crippen LogP contribution in [0.15, 0.2) is 12.1 Å². The van der Waals surface area contributed by atoms with Crippen molar-refractivity contribution in [1.29, 1.82) is 0 Å². The number of H-pyrrole nitrogens is 1. The number of nitrogens with one attached hydrogen (secondary N) is 1. The van der Waals surface area contributed by atoms with Crippen LogP contribution in [-0.2, 0) is 4.74 Å². The van der Waals surface area contributed by atoms with E-state index >= 15 is 0 Å². The highest BCUT2D eigenvalue weighted by Gasteiger charge is 2.13. The van der Waals surface area contributed by atoms with Crippen molar-refractivity contribution in [3.8, 4) is 0 Å². The molecule has 5 heteroatoms. The summed E-state index contributed by atoms with van der Waals surface area (Å²) in [6.45, 7) is 1.86. The fraction of sp³-hybridized carbons (Fsp3) is 0.200. The highest BCUT2D eigenvalue weighted by Crippen LogP contribution is 2.21. The first-order chi connectivity index (χ1) is 7.13. The van der Waals surface area contributed by atoms with E-state index in [-0.39, 0.29) is 5.82 Å². The van der Waals surface area contributed by atoms with E-state index in [1.54, 1.807) is 12.1 Å². The first-order valence-corrected chi connectivity index (χ1v) is 4.46. The van der Waals surface area contributed by atoms with Crippen LogP contribution in [0.1, 0.15) is 16.2 Å². The van der Waals surface area contributed by atoms with Gasteiger partial charge in [-0.25, -0.2) is 9.78 Å². The number of anilines is 1. The summed E-state index contributed by atoms with van der Waals surface area (Å²) in [5, 5.41) is 0. The van der Waals surface area contributed by atoms with Crippen LogP contribution in [-0.4, -0.2) is 23.0 Å². The number of hydrogen-bond acceptors (Lipinski definition) is 4. The summed E-state index contributed by atoms with van der Waals surface area (Å²) in [6.07, 6.45) is 0. The highest BCUT2D eigenvalue weighted by molar-refractivity contribution is 5.92. The van der Waals surface area contributed by atoms with Gasteiger partial charge in [-0.1, -0.05) is 0 Å². The van der Waals surface area contributed by atoms with Gasteiger partial charge < -0.3 is 15.5 Å². The largest absolute Gasteiger partial charge is 0.463 e. The Kier molecular flexibility index (Phi) is 2.07. The predicted molar refractivity (Wildman–Crippen MR) is 56.6 cm³/mol. The molecule has 3 N–H and O–H groups in total. The summed E-state index contributed by atoms with van der Waals surface area (Å²) in [5.74, 6) is -0.287. The van der Waals surface area contributed by atoms with Crippen molar-refractivity contribution in [1.82, 2.24) is 9.97 Å². The van der Waals surface area contributed by atoms with Gasteiger partial charge in [-0.2, -0.15) is 0 Å². The van der Waals surface area contributed by atoms with Crippen LogP contribution >= 0.6 is 0 Å². The van der Waals surface area contributed by atoms with Gasteiger partial charge in [-0.15, -0.1) is 0 Å². The molecule has 0 amide bonds. The number of aromatic nitrogens is 2. The Balaban J connectivity index is 2.66. The van der Waals surface area contributed by atoms with Gasteiger partial charge in [0.05, 0.1) is 18.1 Å². The third-order valence-electron chi connectivity index (χ3n) is 2.33. The summed E-state index contributed by atoms with van der Waals surface area (Å²) in [7, 11) is 1.32. The van der Waals surface area contributed by atoms with Crippen molar-refractivity contribution < 1.29 is 9.53 Å². The van der Waals surface area contributed by atoms with E-state index in [0.717, 1.165) is 11.1 Å². The Morgan fingerprint density at radius 1 is 1.53 bits per heavy atom. The van der Waals surface area contributed by atoms with Gasteiger partial charge in [0, 0.05) is 5.69 Å². The number of nitrogen functional groups attached to an aromatic ring is 1. The average molecular weight is 205 g/mol. The maximum atomic E-state index is 11.2. The van der Waals surface area contributed by atoms with Gasteiger partial charge in [-0.3, -0.25) is 0 Å². The fourth-order valence-electron chi connectivity index (χ4n) is 1.42. The lowest BCUT2D eigenvalue weighted by atomic mass is 10.2. The van der Waals surface area contributed by atoms with E-state index in [1.807, 2.05) is 6.92 Å². The molecule has 1 aromatic carbocycles. The van der Waals surface area contributed by atoms with Crippen molar-refractivity contribution in [3.63, 3.8) is 0 Å². The van der Waals surface area contributed by atoms with Crippen molar-refractivity contribution in [2.75, 3.05) is 12.8 Å². The summed E-state index contributed by atoms with van der Waals surface area (Å²) >= 11 is 0. The number of methoxy groups -OCH3 is 1. The lowest BCUT2D eigenvalue weighted by molar-refractivity contribution is 0.0588. The zero-order valence-corrected chi connectivity index (χ0v) is 8.50. The lowest BCUT2D eigenvalue weighted by Gasteiger charge is -1.98. The third kappa shape index (κ3) is 1.41. The topological polar surface area (TPSA) is 81.0 Å². The molecule has 1 aromatic heterocycles. The third-order valence-corrected chi connectivity index (χ3v) is 2.33. The highest BCUT2D eigenvalue weighted by atomic mass is 16.5. The molecule has 1 heterocycles. The van der Waals surface area contributed by atoms with Gasteiger partial charge >= 0.3 is 5.97 Å². The number of benzene rings is 1. The number of nitrogens with zero attached hydrogens (tertiary/aromatic N) is 1. The number of rotatable bonds is 1. The zero-order valence-electron chi connectivity index (χ0n) is 8.50. The van der Waals surface area contributed by atoms with Gasteiger partial charge in [0.1, 0.15) is 0 Å². The molecular weight excluding hydrogens is 194 g/mol. The molecule has 0 radical (unpaired) electrons. The number of aromatic amines is 1. The molecule has 0 saturated heterocycles. The Labute approximate surface area is 86.3 Å². The first kappa shape index (κ1) is 9.51. The summed E-state index contributed by atoms with van der Waals surface area (Å²) in [4.78, 5) is 18.2. The number of carbonyl (C=O) groups excluding carboxylic acids is 1. The Hall–Kier alpha value is -2.04. The zero-order chi connectivity index (χ0) is 11.0. The normalized spacial score (nSPS) is 10.5.